The molecule has 19 heavy (non-hydrogen) atoms. The number of benzene rings is 1. The van der Waals surface area contributed by atoms with E-state index in [4.69, 9.17) is 5.73 Å². The van der Waals surface area contributed by atoms with Gasteiger partial charge in [0.15, 0.2) is 0 Å². The van der Waals surface area contributed by atoms with Crippen molar-refractivity contribution in [1.82, 2.24) is 4.90 Å². The molecule has 1 aliphatic rings. The van der Waals surface area contributed by atoms with Crippen LogP contribution < -0.4 is 5.73 Å². The van der Waals surface area contributed by atoms with Gasteiger partial charge in [0, 0.05) is 23.2 Å². The summed E-state index contributed by atoms with van der Waals surface area (Å²) in [7, 11) is 0. The van der Waals surface area contributed by atoms with Crippen molar-refractivity contribution in [3.05, 3.63) is 24.0 Å². The van der Waals surface area contributed by atoms with Crippen molar-refractivity contribution in [3.63, 3.8) is 0 Å². The normalized spacial score (nSPS) is 19.5. The molecule has 104 valence electrons. The van der Waals surface area contributed by atoms with Gasteiger partial charge in [0.05, 0.1) is 5.75 Å². The summed E-state index contributed by atoms with van der Waals surface area (Å²) in [5, 5.41) is 0. The zero-order valence-electron chi connectivity index (χ0n) is 11.1. The van der Waals surface area contributed by atoms with Crippen LogP contribution in [0, 0.1) is 5.82 Å². The number of nitrogen functional groups attached to an aromatic ring is 1. The number of thioether (sulfide) groups is 1. The van der Waals surface area contributed by atoms with Gasteiger partial charge < -0.3 is 10.6 Å². The lowest BCUT2D eigenvalue weighted by Gasteiger charge is -2.33. The molecule has 1 aromatic carbocycles. The maximum atomic E-state index is 13.6. The Morgan fingerprint density at radius 2 is 2.32 bits per heavy atom. The molecule has 2 rings (SSSR count). The Balaban J connectivity index is 1.92. The second-order valence-electron chi connectivity index (χ2n) is 4.91. The average molecular weight is 282 g/mol. The van der Waals surface area contributed by atoms with Gasteiger partial charge in [-0.3, -0.25) is 4.79 Å². The summed E-state index contributed by atoms with van der Waals surface area (Å²) in [6.07, 6.45) is 3.31. The first kappa shape index (κ1) is 14.2. The fraction of sp³-hybridized carbons (Fsp3) is 0.500. The van der Waals surface area contributed by atoms with E-state index in [1.807, 2.05) is 4.90 Å². The number of carbonyl (C=O) groups excluding carboxylic acids is 1. The summed E-state index contributed by atoms with van der Waals surface area (Å²) >= 11 is 1.24. The molecule has 0 aromatic heterocycles. The average Bonchev–Trinajstić information content (AvgIpc) is 2.38. The van der Waals surface area contributed by atoms with Gasteiger partial charge >= 0.3 is 0 Å². The summed E-state index contributed by atoms with van der Waals surface area (Å²) < 4.78 is 13.6. The Morgan fingerprint density at radius 1 is 1.53 bits per heavy atom. The van der Waals surface area contributed by atoms with Gasteiger partial charge in [-0.15, -0.1) is 11.8 Å². The van der Waals surface area contributed by atoms with Gasteiger partial charge in [0.2, 0.25) is 5.91 Å². The molecule has 1 aromatic rings. The third-order valence-corrected chi connectivity index (χ3v) is 4.46. The SMILES string of the molecule is CC1CCCCN1C(=O)CSc1ccc(N)cc1F. The van der Waals surface area contributed by atoms with Gasteiger partial charge in [-0.1, -0.05) is 0 Å². The number of piperidine rings is 1. The van der Waals surface area contributed by atoms with Crippen LogP contribution in [0.25, 0.3) is 0 Å². The molecule has 1 atom stereocenters. The standard InChI is InChI=1S/C14H19FN2OS/c1-10-4-2-3-7-17(10)14(18)9-19-13-6-5-11(16)8-12(13)15/h5-6,8,10H,2-4,7,9,16H2,1H3. The molecule has 0 saturated carbocycles. The summed E-state index contributed by atoms with van der Waals surface area (Å²) in [4.78, 5) is 14.5. The van der Waals surface area contributed by atoms with Crippen molar-refractivity contribution >= 4 is 23.4 Å². The van der Waals surface area contributed by atoms with Crippen molar-refractivity contribution in [2.75, 3.05) is 18.0 Å². The van der Waals surface area contributed by atoms with Gasteiger partial charge in [-0.25, -0.2) is 4.39 Å². The maximum absolute atomic E-state index is 13.6. The second kappa shape index (κ2) is 6.28. The van der Waals surface area contributed by atoms with Crippen molar-refractivity contribution in [2.24, 2.45) is 0 Å². The molecule has 3 nitrogen and oxygen atoms in total. The molecule has 0 spiro atoms. The zero-order valence-corrected chi connectivity index (χ0v) is 11.9. The van der Waals surface area contributed by atoms with Crippen molar-refractivity contribution in [3.8, 4) is 0 Å². The lowest BCUT2D eigenvalue weighted by Crippen LogP contribution is -2.42. The van der Waals surface area contributed by atoms with Crippen LogP contribution in [-0.2, 0) is 4.79 Å². The minimum Gasteiger partial charge on any atom is -0.399 e. The summed E-state index contributed by atoms with van der Waals surface area (Å²) in [6, 6.07) is 4.87. The number of halogens is 1. The molecule has 1 saturated heterocycles. The van der Waals surface area contributed by atoms with Crippen LogP contribution in [0.3, 0.4) is 0 Å². The monoisotopic (exact) mass is 282 g/mol. The number of hydrogen-bond acceptors (Lipinski definition) is 3. The van der Waals surface area contributed by atoms with E-state index in [-0.39, 0.29) is 17.5 Å². The van der Waals surface area contributed by atoms with Crippen LogP contribution in [0.1, 0.15) is 26.2 Å². The fourth-order valence-corrected chi connectivity index (χ4v) is 3.13. The summed E-state index contributed by atoms with van der Waals surface area (Å²) in [6.45, 7) is 2.90. The Kier molecular flexibility index (Phi) is 4.69. The number of likely N-dealkylation sites (tertiary alicyclic amines) is 1. The third-order valence-electron chi connectivity index (χ3n) is 3.43. The number of nitrogens with zero attached hydrogens (tertiary/aromatic N) is 1. The van der Waals surface area contributed by atoms with Gasteiger partial charge in [-0.2, -0.15) is 0 Å². The van der Waals surface area contributed by atoms with Gasteiger partial charge in [-0.05, 0) is 44.4 Å². The first-order chi connectivity index (χ1) is 9.08. The van der Waals surface area contributed by atoms with Crippen molar-refractivity contribution in [1.29, 1.82) is 0 Å². The quantitative estimate of drug-likeness (QED) is 0.685. The Labute approximate surface area is 117 Å². The Bertz CT molecular complexity index is 467. The van der Waals surface area contributed by atoms with Crippen LogP contribution in [0.5, 0.6) is 0 Å². The third kappa shape index (κ3) is 3.62. The van der Waals surface area contributed by atoms with E-state index >= 15 is 0 Å². The van der Waals surface area contributed by atoms with Crippen LogP contribution in [0.15, 0.2) is 23.1 Å². The van der Waals surface area contributed by atoms with E-state index < -0.39 is 0 Å². The minimum atomic E-state index is -0.357. The highest BCUT2D eigenvalue weighted by Gasteiger charge is 2.23. The molecule has 1 amide bonds. The van der Waals surface area contributed by atoms with E-state index in [0.29, 0.717) is 16.6 Å². The van der Waals surface area contributed by atoms with E-state index in [1.54, 1.807) is 12.1 Å². The molecule has 1 heterocycles. The Hall–Kier alpha value is -1.23. The molecule has 5 heteroatoms. The highest BCUT2D eigenvalue weighted by Crippen LogP contribution is 2.25. The van der Waals surface area contributed by atoms with E-state index in [1.165, 1.54) is 24.2 Å². The lowest BCUT2D eigenvalue weighted by molar-refractivity contribution is -0.131. The van der Waals surface area contributed by atoms with Crippen LogP contribution in [-0.4, -0.2) is 29.1 Å². The molecule has 2 N–H and O–H groups in total. The van der Waals surface area contributed by atoms with Crippen molar-refractivity contribution in [2.45, 2.75) is 37.1 Å². The maximum Gasteiger partial charge on any atom is 0.233 e. The summed E-state index contributed by atoms with van der Waals surface area (Å²) in [5.74, 6) is 0.0171. The van der Waals surface area contributed by atoms with E-state index in [2.05, 4.69) is 6.92 Å². The van der Waals surface area contributed by atoms with Crippen LogP contribution in [0.2, 0.25) is 0 Å². The number of rotatable bonds is 3. The largest absolute Gasteiger partial charge is 0.399 e. The van der Waals surface area contributed by atoms with E-state index in [0.717, 1.165) is 19.4 Å². The molecular formula is C14H19FN2OS. The molecule has 0 radical (unpaired) electrons. The van der Waals surface area contributed by atoms with E-state index in [9.17, 15) is 9.18 Å². The predicted molar refractivity (Wildman–Crippen MR) is 76.6 cm³/mol. The smallest absolute Gasteiger partial charge is 0.233 e. The van der Waals surface area contributed by atoms with Gasteiger partial charge in [0.1, 0.15) is 5.82 Å². The van der Waals surface area contributed by atoms with Crippen LogP contribution in [0.4, 0.5) is 10.1 Å². The molecule has 0 bridgehead atoms. The molecule has 0 aliphatic carbocycles. The van der Waals surface area contributed by atoms with Crippen molar-refractivity contribution < 1.29 is 9.18 Å². The lowest BCUT2D eigenvalue weighted by atomic mass is 10.0. The number of anilines is 1. The molecule has 1 unspecified atom stereocenters. The highest BCUT2D eigenvalue weighted by molar-refractivity contribution is 8.00. The minimum absolute atomic E-state index is 0.0911. The first-order valence-corrected chi connectivity index (χ1v) is 7.54. The predicted octanol–water partition coefficient (Wildman–Crippen LogP) is 2.90. The van der Waals surface area contributed by atoms with Gasteiger partial charge in [0.25, 0.3) is 0 Å². The molecule has 1 fully saturated rings. The van der Waals surface area contributed by atoms with Crippen LogP contribution >= 0.6 is 11.8 Å². The molecule has 1 aliphatic heterocycles. The molecular weight excluding hydrogens is 263 g/mol. The summed E-state index contributed by atoms with van der Waals surface area (Å²) in [5.41, 5.74) is 5.89. The fourth-order valence-electron chi connectivity index (χ4n) is 2.33. The second-order valence-corrected chi connectivity index (χ2v) is 5.93. The zero-order chi connectivity index (χ0) is 13.8. The number of hydrogen-bond donors (Lipinski definition) is 1. The topological polar surface area (TPSA) is 46.3 Å². The first-order valence-electron chi connectivity index (χ1n) is 6.55. The number of amides is 1. The highest BCUT2D eigenvalue weighted by atomic mass is 32.2. The Morgan fingerprint density at radius 3 is 3.00 bits per heavy atom. The number of nitrogens with two attached hydrogens (primary N) is 1. The number of carbonyl (C=O) groups is 1.